The zero-order chi connectivity index (χ0) is 13.6. The van der Waals surface area contributed by atoms with Crippen LogP contribution in [0.2, 0.25) is 0 Å². The van der Waals surface area contributed by atoms with Crippen molar-refractivity contribution in [2.24, 2.45) is 5.73 Å². The molecule has 0 spiro atoms. The van der Waals surface area contributed by atoms with Crippen molar-refractivity contribution in [2.45, 2.75) is 50.7 Å². The number of phenolic OH excluding ortho intramolecular Hbond substituents is 1. The number of aryl methyl sites for hydroxylation is 1. The molecule has 2 unspecified atom stereocenters. The third-order valence-corrected chi connectivity index (χ3v) is 4.39. The lowest BCUT2D eigenvalue weighted by Crippen LogP contribution is -2.50. The predicted molar refractivity (Wildman–Crippen MR) is 73.0 cm³/mol. The molecule has 2 fully saturated rings. The summed E-state index contributed by atoms with van der Waals surface area (Å²) in [6.45, 7) is 1.90. The van der Waals surface area contributed by atoms with E-state index in [2.05, 4.69) is 0 Å². The SMILES string of the molecule is Cc1ccc(C(=O)N2C3CCC2CC(N)C3)c(O)c1. The molecule has 0 saturated carbocycles. The van der Waals surface area contributed by atoms with Gasteiger partial charge in [0.25, 0.3) is 5.91 Å². The van der Waals surface area contributed by atoms with Gasteiger partial charge in [-0.15, -0.1) is 0 Å². The molecule has 4 heteroatoms. The number of fused-ring (bicyclic) bond motifs is 2. The fourth-order valence-electron chi connectivity index (χ4n) is 3.51. The van der Waals surface area contributed by atoms with Gasteiger partial charge in [0.2, 0.25) is 0 Å². The average Bonchev–Trinajstić information content (AvgIpc) is 2.61. The molecule has 19 heavy (non-hydrogen) atoms. The number of hydrogen-bond acceptors (Lipinski definition) is 3. The van der Waals surface area contributed by atoms with Crippen molar-refractivity contribution in [3.63, 3.8) is 0 Å². The number of phenols is 1. The molecule has 2 bridgehead atoms. The lowest BCUT2D eigenvalue weighted by atomic mass is 9.97. The van der Waals surface area contributed by atoms with Gasteiger partial charge in [0.05, 0.1) is 5.56 Å². The molecule has 1 aromatic rings. The van der Waals surface area contributed by atoms with Crippen LogP contribution in [0.5, 0.6) is 5.75 Å². The molecule has 1 aromatic carbocycles. The van der Waals surface area contributed by atoms with E-state index in [1.807, 2.05) is 17.9 Å². The van der Waals surface area contributed by atoms with Crippen LogP contribution in [0.3, 0.4) is 0 Å². The van der Waals surface area contributed by atoms with E-state index in [4.69, 9.17) is 5.73 Å². The van der Waals surface area contributed by atoms with Crippen LogP contribution < -0.4 is 5.73 Å². The molecule has 1 amide bonds. The van der Waals surface area contributed by atoms with Gasteiger partial charge in [0.15, 0.2) is 0 Å². The van der Waals surface area contributed by atoms with Crippen LogP contribution >= 0.6 is 0 Å². The Balaban J connectivity index is 1.88. The number of amides is 1. The summed E-state index contributed by atoms with van der Waals surface area (Å²) in [5.41, 5.74) is 7.39. The van der Waals surface area contributed by atoms with E-state index in [-0.39, 0.29) is 29.8 Å². The summed E-state index contributed by atoms with van der Waals surface area (Å²) in [6.07, 6.45) is 3.84. The van der Waals surface area contributed by atoms with E-state index in [1.54, 1.807) is 12.1 Å². The number of carbonyl (C=O) groups is 1. The van der Waals surface area contributed by atoms with Crippen LogP contribution in [-0.2, 0) is 0 Å². The van der Waals surface area contributed by atoms with Gasteiger partial charge in [-0.3, -0.25) is 4.79 Å². The van der Waals surface area contributed by atoms with Crippen LogP contribution in [0.25, 0.3) is 0 Å². The second-order valence-corrected chi connectivity index (χ2v) is 5.85. The van der Waals surface area contributed by atoms with Crippen LogP contribution in [0.4, 0.5) is 0 Å². The minimum Gasteiger partial charge on any atom is -0.507 e. The van der Waals surface area contributed by atoms with Crippen LogP contribution in [0.1, 0.15) is 41.6 Å². The minimum atomic E-state index is -0.0445. The van der Waals surface area contributed by atoms with Crippen LogP contribution in [0, 0.1) is 6.92 Å². The third-order valence-electron chi connectivity index (χ3n) is 4.39. The van der Waals surface area contributed by atoms with Crippen molar-refractivity contribution in [1.29, 1.82) is 0 Å². The molecule has 2 heterocycles. The highest BCUT2D eigenvalue weighted by atomic mass is 16.3. The van der Waals surface area contributed by atoms with Gasteiger partial charge in [-0.1, -0.05) is 6.07 Å². The van der Waals surface area contributed by atoms with Gasteiger partial charge in [0, 0.05) is 18.1 Å². The predicted octanol–water partition coefficient (Wildman–Crippen LogP) is 1.79. The van der Waals surface area contributed by atoms with E-state index >= 15 is 0 Å². The highest BCUT2D eigenvalue weighted by Crippen LogP contribution is 2.37. The van der Waals surface area contributed by atoms with Crippen molar-refractivity contribution < 1.29 is 9.90 Å². The molecule has 0 radical (unpaired) electrons. The third kappa shape index (κ3) is 2.10. The van der Waals surface area contributed by atoms with Gasteiger partial charge < -0.3 is 15.7 Å². The summed E-state index contributed by atoms with van der Waals surface area (Å²) in [4.78, 5) is 14.6. The maximum Gasteiger partial charge on any atom is 0.258 e. The second kappa shape index (κ2) is 4.53. The van der Waals surface area contributed by atoms with Crippen LogP contribution in [0.15, 0.2) is 18.2 Å². The van der Waals surface area contributed by atoms with Gasteiger partial charge >= 0.3 is 0 Å². The van der Waals surface area contributed by atoms with Crippen molar-refractivity contribution in [2.75, 3.05) is 0 Å². The van der Waals surface area contributed by atoms with E-state index in [0.29, 0.717) is 5.56 Å². The molecule has 2 saturated heterocycles. The molecule has 2 atom stereocenters. The average molecular weight is 260 g/mol. The Kier molecular flexibility index (Phi) is 2.97. The van der Waals surface area contributed by atoms with E-state index < -0.39 is 0 Å². The number of nitrogens with zero attached hydrogens (tertiary/aromatic N) is 1. The summed E-state index contributed by atoms with van der Waals surface area (Å²) in [5, 5.41) is 9.97. The number of aromatic hydroxyl groups is 1. The molecular formula is C15H20N2O2. The number of carbonyl (C=O) groups excluding carboxylic acids is 1. The molecular weight excluding hydrogens is 240 g/mol. The summed E-state index contributed by atoms with van der Waals surface area (Å²) < 4.78 is 0. The molecule has 3 N–H and O–H groups in total. The highest BCUT2D eigenvalue weighted by molar-refractivity contribution is 5.97. The summed E-state index contributed by atoms with van der Waals surface area (Å²) in [7, 11) is 0. The molecule has 0 aliphatic carbocycles. The summed E-state index contributed by atoms with van der Waals surface area (Å²) in [6, 6.07) is 5.95. The number of benzene rings is 1. The Hall–Kier alpha value is -1.55. The van der Waals surface area contributed by atoms with Crippen molar-refractivity contribution in [3.8, 4) is 5.75 Å². The Morgan fingerprint density at radius 2 is 1.95 bits per heavy atom. The molecule has 4 nitrogen and oxygen atoms in total. The Labute approximate surface area is 113 Å². The molecule has 102 valence electrons. The fourth-order valence-corrected chi connectivity index (χ4v) is 3.51. The fraction of sp³-hybridized carbons (Fsp3) is 0.533. The number of hydrogen-bond donors (Lipinski definition) is 2. The van der Waals surface area contributed by atoms with E-state index in [9.17, 15) is 9.90 Å². The first-order valence-corrected chi connectivity index (χ1v) is 6.94. The van der Waals surface area contributed by atoms with Crippen LogP contribution in [-0.4, -0.2) is 34.0 Å². The lowest BCUT2D eigenvalue weighted by Gasteiger charge is -2.37. The highest BCUT2D eigenvalue weighted by Gasteiger charge is 2.42. The van der Waals surface area contributed by atoms with E-state index in [0.717, 1.165) is 31.2 Å². The largest absolute Gasteiger partial charge is 0.507 e. The number of rotatable bonds is 1. The van der Waals surface area contributed by atoms with Gasteiger partial charge in [0.1, 0.15) is 5.75 Å². The van der Waals surface area contributed by atoms with Crippen molar-refractivity contribution in [3.05, 3.63) is 29.3 Å². The van der Waals surface area contributed by atoms with Gasteiger partial charge in [-0.05, 0) is 50.3 Å². The Morgan fingerprint density at radius 3 is 2.53 bits per heavy atom. The first-order valence-electron chi connectivity index (χ1n) is 6.94. The summed E-state index contributed by atoms with van der Waals surface area (Å²) >= 11 is 0. The molecule has 2 aliphatic heterocycles. The first kappa shape index (κ1) is 12.5. The quantitative estimate of drug-likeness (QED) is 0.809. The standard InChI is InChI=1S/C15H20N2O2/c1-9-2-5-13(14(18)6-9)15(19)17-11-3-4-12(17)8-10(16)7-11/h2,5-6,10-12,18H,3-4,7-8,16H2,1H3. The topological polar surface area (TPSA) is 66.6 Å². The van der Waals surface area contributed by atoms with Crippen molar-refractivity contribution in [1.82, 2.24) is 4.90 Å². The molecule has 0 aromatic heterocycles. The Bertz CT molecular complexity index is 501. The minimum absolute atomic E-state index is 0.0445. The normalized spacial score (nSPS) is 29.6. The lowest BCUT2D eigenvalue weighted by molar-refractivity contribution is 0.0572. The van der Waals surface area contributed by atoms with E-state index in [1.165, 1.54) is 0 Å². The summed E-state index contributed by atoms with van der Waals surface area (Å²) in [5.74, 6) is 0.0381. The monoisotopic (exact) mass is 260 g/mol. The van der Waals surface area contributed by atoms with Gasteiger partial charge in [-0.2, -0.15) is 0 Å². The first-order chi connectivity index (χ1) is 9.06. The number of nitrogens with two attached hydrogens (primary N) is 1. The zero-order valence-electron chi connectivity index (χ0n) is 11.2. The smallest absolute Gasteiger partial charge is 0.258 e. The maximum absolute atomic E-state index is 12.6. The maximum atomic E-state index is 12.6. The zero-order valence-corrected chi connectivity index (χ0v) is 11.2. The molecule has 3 rings (SSSR count). The Morgan fingerprint density at radius 1 is 1.32 bits per heavy atom. The number of piperidine rings is 1. The van der Waals surface area contributed by atoms with Gasteiger partial charge in [-0.25, -0.2) is 0 Å². The molecule has 2 aliphatic rings. The van der Waals surface area contributed by atoms with Crippen molar-refractivity contribution >= 4 is 5.91 Å². The second-order valence-electron chi connectivity index (χ2n) is 5.85.